The van der Waals surface area contributed by atoms with Gasteiger partial charge in [0.25, 0.3) is 0 Å². The Hall–Kier alpha value is -2.10. The number of amides is 1. The van der Waals surface area contributed by atoms with Gasteiger partial charge >= 0.3 is 0 Å². The summed E-state index contributed by atoms with van der Waals surface area (Å²) in [4.78, 5) is 22.6. The van der Waals surface area contributed by atoms with Gasteiger partial charge in [0.2, 0.25) is 5.91 Å². The van der Waals surface area contributed by atoms with E-state index in [9.17, 15) is 9.59 Å². The van der Waals surface area contributed by atoms with Gasteiger partial charge in [-0.05, 0) is 37.6 Å². The fraction of sp³-hybridized carbons (Fsp3) is 0.286. The predicted octanol–water partition coefficient (Wildman–Crippen LogP) is 2.77. The van der Waals surface area contributed by atoms with Crippen molar-refractivity contribution in [3.8, 4) is 0 Å². The van der Waals surface area contributed by atoms with Gasteiger partial charge in [0.15, 0.2) is 5.78 Å². The highest BCUT2D eigenvalue weighted by atomic mass is 16.5. The predicted molar refractivity (Wildman–Crippen MR) is 71.5 cm³/mol. The first-order valence-corrected chi connectivity index (χ1v) is 5.58. The number of Topliss-reactive ketones (excluding diaryl/α,β-unsaturated/α-hetero) is 1. The van der Waals surface area contributed by atoms with Gasteiger partial charge in [0, 0.05) is 23.7 Å². The normalized spacial score (nSPS) is 10.4. The molecule has 0 aromatic heterocycles. The third-order valence-electron chi connectivity index (χ3n) is 2.47. The topological polar surface area (TPSA) is 55.4 Å². The molecule has 0 spiro atoms. The summed E-state index contributed by atoms with van der Waals surface area (Å²) in [7, 11) is 1.55. The molecular formula is C14H17NO3. The third kappa shape index (κ3) is 3.45. The average molecular weight is 247 g/mol. The van der Waals surface area contributed by atoms with Gasteiger partial charge in [-0.2, -0.15) is 0 Å². The summed E-state index contributed by atoms with van der Waals surface area (Å²) < 4.78 is 4.86. The summed E-state index contributed by atoms with van der Waals surface area (Å²) in [5, 5.41) is 2.71. The zero-order chi connectivity index (χ0) is 13.7. The Morgan fingerprint density at radius 2 is 1.94 bits per heavy atom. The van der Waals surface area contributed by atoms with E-state index < -0.39 is 0 Å². The maximum absolute atomic E-state index is 11.5. The van der Waals surface area contributed by atoms with E-state index in [-0.39, 0.29) is 11.7 Å². The van der Waals surface area contributed by atoms with E-state index in [1.54, 1.807) is 19.3 Å². The molecule has 96 valence electrons. The molecule has 0 unspecified atom stereocenters. The number of hydrogen-bond acceptors (Lipinski definition) is 3. The van der Waals surface area contributed by atoms with Crippen LogP contribution in [0.2, 0.25) is 0 Å². The molecule has 0 saturated heterocycles. The number of aryl methyl sites for hydroxylation is 1. The summed E-state index contributed by atoms with van der Waals surface area (Å²) in [6.07, 6.45) is 3.26. The van der Waals surface area contributed by atoms with Crippen LogP contribution in [0.4, 0.5) is 5.69 Å². The third-order valence-corrected chi connectivity index (χ3v) is 2.47. The molecule has 0 fully saturated rings. The second-order valence-electron chi connectivity index (χ2n) is 4.03. The number of hydrogen-bond donors (Lipinski definition) is 1. The van der Waals surface area contributed by atoms with Crippen molar-refractivity contribution in [2.45, 2.75) is 20.8 Å². The minimum Gasteiger partial charge on any atom is -0.504 e. The van der Waals surface area contributed by atoms with E-state index in [1.165, 1.54) is 20.1 Å². The second-order valence-corrected chi connectivity index (χ2v) is 4.03. The molecule has 0 aliphatic carbocycles. The first-order valence-electron chi connectivity index (χ1n) is 5.58. The molecular weight excluding hydrogens is 230 g/mol. The monoisotopic (exact) mass is 247 g/mol. The molecule has 0 bridgehead atoms. The Morgan fingerprint density at radius 1 is 1.28 bits per heavy atom. The molecule has 0 aliphatic heterocycles. The molecule has 0 heterocycles. The Balaban J connectivity index is 3.31. The summed E-state index contributed by atoms with van der Waals surface area (Å²) in [6, 6.07) is 3.53. The van der Waals surface area contributed by atoms with Crippen molar-refractivity contribution in [1.29, 1.82) is 0 Å². The van der Waals surface area contributed by atoms with Gasteiger partial charge in [-0.15, -0.1) is 0 Å². The minimum atomic E-state index is -0.180. The number of carbonyl (C=O) groups is 2. The second kappa shape index (κ2) is 6.00. The molecule has 0 atom stereocenters. The molecule has 1 amide bonds. The summed E-state index contributed by atoms with van der Waals surface area (Å²) in [5.41, 5.74) is 2.88. The van der Waals surface area contributed by atoms with Gasteiger partial charge in [0.05, 0.1) is 13.4 Å². The number of methoxy groups -OCH3 is 1. The largest absolute Gasteiger partial charge is 0.504 e. The quantitative estimate of drug-likeness (QED) is 0.657. The van der Waals surface area contributed by atoms with E-state index in [4.69, 9.17) is 4.74 Å². The summed E-state index contributed by atoms with van der Waals surface area (Å²) in [6.45, 7) is 4.79. The Kier molecular flexibility index (Phi) is 4.66. The average Bonchev–Trinajstić information content (AvgIpc) is 2.28. The Morgan fingerprint density at radius 3 is 2.44 bits per heavy atom. The van der Waals surface area contributed by atoms with Crippen LogP contribution in [0.5, 0.6) is 0 Å². The van der Waals surface area contributed by atoms with Crippen molar-refractivity contribution in [2.75, 3.05) is 12.4 Å². The first-order chi connectivity index (χ1) is 8.45. The summed E-state index contributed by atoms with van der Waals surface area (Å²) in [5.74, 6) is -0.207. The number of rotatable bonds is 4. The van der Waals surface area contributed by atoms with E-state index in [0.29, 0.717) is 11.3 Å². The highest BCUT2D eigenvalue weighted by Crippen LogP contribution is 2.23. The number of ether oxygens (including phenoxy) is 1. The van der Waals surface area contributed by atoms with Crippen molar-refractivity contribution >= 4 is 23.5 Å². The van der Waals surface area contributed by atoms with Crippen LogP contribution in [-0.4, -0.2) is 18.8 Å². The van der Waals surface area contributed by atoms with Crippen LogP contribution in [0, 0.1) is 6.92 Å². The van der Waals surface area contributed by atoms with Crippen molar-refractivity contribution in [3.05, 3.63) is 35.1 Å². The molecule has 18 heavy (non-hydrogen) atoms. The zero-order valence-corrected chi connectivity index (χ0v) is 11.0. The maximum Gasteiger partial charge on any atom is 0.221 e. The molecule has 1 N–H and O–H groups in total. The minimum absolute atomic E-state index is 0.0265. The number of nitrogens with one attached hydrogen (secondary N) is 1. The lowest BCUT2D eigenvalue weighted by Crippen LogP contribution is -2.09. The van der Waals surface area contributed by atoms with E-state index in [2.05, 4.69) is 5.32 Å². The van der Waals surface area contributed by atoms with Crippen LogP contribution in [0.1, 0.15) is 35.3 Å². The number of benzene rings is 1. The van der Waals surface area contributed by atoms with Crippen molar-refractivity contribution < 1.29 is 14.3 Å². The molecule has 4 heteroatoms. The molecule has 1 aromatic carbocycles. The van der Waals surface area contributed by atoms with Gasteiger partial charge in [-0.25, -0.2) is 0 Å². The van der Waals surface area contributed by atoms with Gasteiger partial charge in [-0.1, -0.05) is 0 Å². The molecule has 0 saturated carbocycles. The van der Waals surface area contributed by atoms with Crippen molar-refractivity contribution in [3.63, 3.8) is 0 Å². The van der Waals surface area contributed by atoms with E-state index in [0.717, 1.165) is 11.1 Å². The zero-order valence-electron chi connectivity index (χ0n) is 11.0. The molecule has 0 aliphatic rings. The lowest BCUT2D eigenvalue weighted by Gasteiger charge is -2.11. The van der Waals surface area contributed by atoms with Crippen LogP contribution < -0.4 is 5.32 Å². The fourth-order valence-corrected chi connectivity index (χ4v) is 1.69. The smallest absolute Gasteiger partial charge is 0.221 e. The van der Waals surface area contributed by atoms with Crippen LogP contribution in [0.15, 0.2) is 18.4 Å². The van der Waals surface area contributed by atoms with Crippen LogP contribution in [0.25, 0.3) is 6.08 Å². The standard InChI is InChI=1S/C14H17NO3/c1-9-7-12(5-6-18-4)14(15-11(3)17)8-13(9)10(2)16/h5-8H,1-4H3,(H,15,17)/b6-5-. The van der Waals surface area contributed by atoms with Crippen LogP contribution >= 0.6 is 0 Å². The Bertz CT molecular complexity index is 504. The number of ketones is 1. The lowest BCUT2D eigenvalue weighted by molar-refractivity contribution is -0.114. The van der Waals surface area contributed by atoms with Gasteiger partial charge < -0.3 is 10.1 Å². The highest BCUT2D eigenvalue weighted by molar-refractivity contribution is 5.99. The van der Waals surface area contributed by atoms with Crippen molar-refractivity contribution in [1.82, 2.24) is 0 Å². The van der Waals surface area contributed by atoms with E-state index >= 15 is 0 Å². The number of carbonyl (C=O) groups excluding carboxylic acids is 2. The molecule has 0 radical (unpaired) electrons. The van der Waals surface area contributed by atoms with Crippen LogP contribution in [-0.2, 0) is 9.53 Å². The van der Waals surface area contributed by atoms with Crippen molar-refractivity contribution in [2.24, 2.45) is 0 Å². The summed E-state index contributed by atoms with van der Waals surface area (Å²) >= 11 is 0. The fourth-order valence-electron chi connectivity index (χ4n) is 1.69. The molecule has 1 rings (SSSR count). The molecule has 4 nitrogen and oxygen atoms in total. The van der Waals surface area contributed by atoms with E-state index in [1.807, 2.05) is 13.0 Å². The lowest BCUT2D eigenvalue weighted by atomic mass is 10.0. The number of anilines is 1. The highest BCUT2D eigenvalue weighted by Gasteiger charge is 2.10. The van der Waals surface area contributed by atoms with Gasteiger partial charge in [-0.3, -0.25) is 9.59 Å². The van der Waals surface area contributed by atoms with Crippen LogP contribution in [0.3, 0.4) is 0 Å². The maximum atomic E-state index is 11.5. The molecule has 1 aromatic rings. The Labute approximate surface area is 107 Å². The van der Waals surface area contributed by atoms with Gasteiger partial charge in [0.1, 0.15) is 0 Å². The SMILES string of the molecule is CO/C=C\c1cc(C)c(C(C)=O)cc1NC(C)=O. The first kappa shape index (κ1) is 14.0.